The van der Waals surface area contributed by atoms with Crippen LogP contribution in [0.5, 0.6) is 0 Å². The molecule has 0 unspecified atom stereocenters. The third-order valence-corrected chi connectivity index (χ3v) is 8.45. The van der Waals surface area contributed by atoms with E-state index in [9.17, 15) is 22.4 Å². The van der Waals surface area contributed by atoms with Crippen LogP contribution in [0.2, 0.25) is 0 Å². The number of amides is 1. The van der Waals surface area contributed by atoms with E-state index in [1.165, 1.54) is 35.5 Å². The number of ether oxygens (including phenoxy) is 1. The van der Waals surface area contributed by atoms with Crippen LogP contribution in [0.15, 0.2) is 53.4 Å². The first kappa shape index (κ1) is 23.5. The highest BCUT2D eigenvalue weighted by molar-refractivity contribution is 7.89. The van der Waals surface area contributed by atoms with Crippen LogP contribution >= 0.6 is 0 Å². The summed E-state index contributed by atoms with van der Waals surface area (Å²) in [6.45, 7) is 3.10. The molecule has 33 heavy (non-hydrogen) atoms. The first-order chi connectivity index (χ1) is 15.7. The Labute approximate surface area is 193 Å². The zero-order valence-electron chi connectivity index (χ0n) is 18.5. The highest BCUT2D eigenvalue weighted by Crippen LogP contribution is 2.37. The van der Waals surface area contributed by atoms with Gasteiger partial charge in [-0.3, -0.25) is 9.59 Å². The van der Waals surface area contributed by atoms with Gasteiger partial charge in [0.05, 0.1) is 10.3 Å². The van der Waals surface area contributed by atoms with Crippen LogP contribution in [-0.2, 0) is 25.0 Å². The lowest BCUT2D eigenvalue weighted by Gasteiger charge is -2.42. The van der Waals surface area contributed by atoms with Crippen LogP contribution in [0.1, 0.15) is 35.7 Å². The summed E-state index contributed by atoms with van der Waals surface area (Å²) in [7, 11) is -3.78. The Morgan fingerprint density at radius 3 is 2.21 bits per heavy atom. The first-order valence-electron chi connectivity index (χ1n) is 11.0. The fourth-order valence-corrected chi connectivity index (χ4v) is 6.04. The number of benzene rings is 2. The van der Waals surface area contributed by atoms with Gasteiger partial charge >= 0.3 is 0 Å². The zero-order chi connectivity index (χ0) is 23.6. The highest BCUT2D eigenvalue weighted by atomic mass is 32.2. The minimum absolute atomic E-state index is 0.0715. The van der Waals surface area contributed by atoms with Crippen molar-refractivity contribution in [2.45, 2.75) is 30.1 Å². The third kappa shape index (κ3) is 4.58. The van der Waals surface area contributed by atoms with Gasteiger partial charge < -0.3 is 9.64 Å². The summed E-state index contributed by atoms with van der Waals surface area (Å²) in [6, 6.07) is 12.0. The molecule has 0 saturated carbocycles. The lowest BCUT2D eigenvalue weighted by molar-refractivity contribution is -0.142. The molecule has 0 radical (unpaired) electrons. The number of hydrogen-bond acceptors (Lipinski definition) is 5. The molecule has 2 aromatic rings. The molecule has 0 N–H and O–H groups in total. The number of hydrogen-bond donors (Lipinski definition) is 0. The van der Waals surface area contributed by atoms with Gasteiger partial charge in [-0.2, -0.15) is 4.31 Å². The molecular weight excluding hydrogens is 447 g/mol. The second-order valence-electron chi connectivity index (χ2n) is 8.48. The van der Waals surface area contributed by atoms with Crippen molar-refractivity contribution in [3.05, 3.63) is 65.5 Å². The molecule has 2 fully saturated rings. The van der Waals surface area contributed by atoms with Crippen molar-refractivity contribution in [1.82, 2.24) is 9.21 Å². The Balaban J connectivity index is 1.51. The van der Waals surface area contributed by atoms with E-state index in [4.69, 9.17) is 4.74 Å². The topological polar surface area (TPSA) is 84.0 Å². The molecule has 176 valence electrons. The van der Waals surface area contributed by atoms with Crippen molar-refractivity contribution in [3.63, 3.8) is 0 Å². The first-order valence-corrected chi connectivity index (χ1v) is 12.4. The maximum Gasteiger partial charge on any atom is 0.243 e. The van der Waals surface area contributed by atoms with Crippen LogP contribution in [0, 0.1) is 5.82 Å². The molecule has 0 atom stereocenters. The van der Waals surface area contributed by atoms with E-state index in [2.05, 4.69) is 0 Å². The maximum absolute atomic E-state index is 13.7. The molecule has 9 heteroatoms. The van der Waals surface area contributed by atoms with Crippen molar-refractivity contribution >= 4 is 21.7 Å². The summed E-state index contributed by atoms with van der Waals surface area (Å²) >= 11 is 0. The SMILES string of the molecule is CC(=O)c1cccc(S(=O)(=O)N2CCN(C(=O)C3(c4ccc(F)cc4)CCOCC3)CC2)c1. The lowest BCUT2D eigenvalue weighted by Crippen LogP contribution is -2.56. The van der Waals surface area contributed by atoms with Crippen molar-refractivity contribution in [2.75, 3.05) is 39.4 Å². The van der Waals surface area contributed by atoms with Gasteiger partial charge in [0, 0.05) is 45.0 Å². The Kier molecular flexibility index (Phi) is 6.65. The predicted octanol–water partition coefficient (Wildman–Crippen LogP) is 2.61. The largest absolute Gasteiger partial charge is 0.381 e. The van der Waals surface area contributed by atoms with Gasteiger partial charge in [-0.05, 0) is 49.6 Å². The van der Waals surface area contributed by atoms with E-state index in [0.717, 1.165) is 5.56 Å². The smallest absolute Gasteiger partial charge is 0.243 e. The minimum Gasteiger partial charge on any atom is -0.381 e. The second kappa shape index (κ2) is 9.32. The third-order valence-electron chi connectivity index (χ3n) is 6.56. The van der Waals surface area contributed by atoms with Crippen molar-refractivity contribution in [3.8, 4) is 0 Å². The number of carbonyl (C=O) groups is 2. The summed E-state index contributed by atoms with van der Waals surface area (Å²) < 4.78 is 46.6. The van der Waals surface area contributed by atoms with Crippen LogP contribution in [0.25, 0.3) is 0 Å². The Morgan fingerprint density at radius 1 is 0.970 bits per heavy atom. The van der Waals surface area contributed by atoms with Crippen LogP contribution in [-0.4, -0.2) is 68.7 Å². The van der Waals surface area contributed by atoms with Gasteiger partial charge in [-0.25, -0.2) is 12.8 Å². The number of halogens is 1. The molecule has 0 bridgehead atoms. The van der Waals surface area contributed by atoms with Gasteiger partial charge in [0.15, 0.2) is 5.78 Å². The van der Waals surface area contributed by atoms with Crippen LogP contribution in [0.3, 0.4) is 0 Å². The molecular formula is C24H27FN2O5S. The molecule has 0 aromatic heterocycles. The average molecular weight is 475 g/mol. The van der Waals surface area contributed by atoms with Gasteiger partial charge in [0.2, 0.25) is 15.9 Å². The summed E-state index contributed by atoms with van der Waals surface area (Å²) in [5.41, 5.74) is 0.293. The lowest BCUT2D eigenvalue weighted by atomic mass is 9.73. The number of nitrogens with zero attached hydrogens (tertiary/aromatic N) is 2. The standard InChI is InChI=1S/C24H27FN2O5S/c1-18(28)19-3-2-4-22(17-19)33(30,31)27-13-11-26(12-14-27)23(29)24(9-15-32-16-10-24)20-5-7-21(25)8-6-20/h2-8,17H,9-16H2,1H3. The number of rotatable bonds is 5. The normalized spacial score (nSPS) is 19.3. The monoisotopic (exact) mass is 474 g/mol. The summed E-state index contributed by atoms with van der Waals surface area (Å²) in [4.78, 5) is 27.1. The molecule has 0 aliphatic carbocycles. The molecule has 2 aliphatic rings. The van der Waals surface area contributed by atoms with E-state index in [0.29, 0.717) is 31.6 Å². The molecule has 2 aliphatic heterocycles. The van der Waals surface area contributed by atoms with Crippen molar-refractivity contribution < 1.29 is 27.1 Å². The van der Waals surface area contributed by atoms with E-state index in [-0.39, 0.29) is 48.6 Å². The van der Waals surface area contributed by atoms with Gasteiger partial charge in [0.1, 0.15) is 5.82 Å². The van der Waals surface area contributed by atoms with E-state index >= 15 is 0 Å². The van der Waals surface area contributed by atoms with Gasteiger partial charge in [-0.15, -0.1) is 0 Å². The number of piperazine rings is 1. The Morgan fingerprint density at radius 2 is 1.61 bits per heavy atom. The highest BCUT2D eigenvalue weighted by Gasteiger charge is 2.45. The fraction of sp³-hybridized carbons (Fsp3) is 0.417. The van der Waals surface area contributed by atoms with E-state index in [1.54, 1.807) is 29.2 Å². The number of ketones is 1. The summed E-state index contributed by atoms with van der Waals surface area (Å²) in [5.74, 6) is -0.640. The van der Waals surface area contributed by atoms with Crippen LogP contribution < -0.4 is 0 Å². The minimum atomic E-state index is -3.78. The average Bonchev–Trinajstić information content (AvgIpc) is 2.84. The second-order valence-corrected chi connectivity index (χ2v) is 10.4. The summed E-state index contributed by atoms with van der Waals surface area (Å²) in [5, 5.41) is 0. The zero-order valence-corrected chi connectivity index (χ0v) is 19.3. The Hall–Kier alpha value is -2.62. The summed E-state index contributed by atoms with van der Waals surface area (Å²) in [6.07, 6.45) is 0.988. The fourth-order valence-electron chi connectivity index (χ4n) is 4.57. The number of sulfonamides is 1. The molecule has 2 saturated heterocycles. The van der Waals surface area contributed by atoms with Crippen LogP contribution in [0.4, 0.5) is 4.39 Å². The van der Waals surface area contributed by atoms with E-state index < -0.39 is 15.4 Å². The molecule has 1 amide bonds. The molecule has 2 heterocycles. The van der Waals surface area contributed by atoms with Crippen molar-refractivity contribution in [2.24, 2.45) is 0 Å². The van der Waals surface area contributed by atoms with Gasteiger partial charge in [0.25, 0.3) is 0 Å². The number of Topliss-reactive ketones (excluding diaryl/α,β-unsaturated/α-hetero) is 1. The quantitative estimate of drug-likeness (QED) is 0.622. The Bertz CT molecular complexity index is 1140. The molecule has 2 aromatic carbocycles. The van der Waals surface area contributed by atoms with Crippen molar-refractivity contribution in [1.29, 1.82) is 0 Å². The predicted molar refractivity (Wildman–Crippen MR) is 120 cm³/mol. The molecule has 4 rings (SSSR count). The molecule has 7 nitrogen and oxygen atoms in total. The van der Waals surface area contributed by atoms with E-state index in [1.807, 2.05) is 0 Å². The van der Waals surface area contributed by atoms with Gasteiger partial charge in [-0.1, -0.05) is 24.3 Å². The molecule has 0 spiro atoms. The maximum atomic E-state index is 13.7. The number of carbonyl (C=O) groups excluding carboxylic acids is 2.